The summed E-state index contributed by atoms with van der Waals surface area (Å²) in [6.45, 7) is 7.06. The van der Waals surface area contributed by atoms with Gasteiger partial charge in [-0.1, -0.05) is 52.2 Å². The van der Waals surface area contributed by atoms with Crippen molar-refractivity contribution in [2.75, 3.05) is 0 Å². The third kappa shape index (κ3) is 3.14. The predicted molar refractivity (Wildman–Crippen MR) is 95.0 cm³/mol. The molecule has 0 aliphatic heterocycles. The van der Waals surface area contributed by atoms with Gasteiger partial charge in [0, 0.05) is 5.92 Å². The number of rotatable bonds is 4. The second-order valence-corrected chi connectivity index (χ2v) is 9.05. The number of fused-ring (bicyclic) bond motifs is 1. The highest BCUT2D eigenvalue weighted by atomic mass is 16.3. The molecule has 0 bridgehead atoms. The molecule has 1 unspecified atom stereocenters. The van der Waals surface area contributed by atoms with E-state index in [1.54, 1.807) is 0 Å². The van der Waals surface area contributed by atoms with Gasteiger partial charge in [-0.2, -0.15) is 0 Å². The molecule has 23 heavy (non-hydrogen) atoms. The van der Waals surface area contributed by atoms with Gasteiger partial charge in [0.25, 0.3) is 0 Å². The van der Waals surface area contributed by atoms with Gasteiger partial charge in [0.1, 0.15) is 0 Å². The van der Waals surface area contributed by atoms with Crippen molar-refractivity contribution in [2.24, 2.45) is 35.0 Å². The second kappa shape index (κ2) is 6.88. The molecular weight excluding hydrogens is 284 g/mol. The molecule has 0 spiro atoms. The van der Waals surface area contributed by atoms with Crippen molar-refractivity contribution in [1.82, 2.24) is 0 Å². The van der Waals surface area contributed by atoms with Crippen LogP contribution in [0, 0.1) is 35.0 Å². The Morgan fingerprint density at radius 2 is 1.78 bits per heavy atom. The number of hydrogen-bond donors (Lipinski definition) is 2. The summed E-state index contributed by atoms with van der Waals surface area (Å²) >= 11 is 0. The van der Waals surface area contributed by atoms with E-state index in [4.69, 9.17) is 0 Å². The average Bonchev–Trinajstić information content (AvgIpc) is 2.54. The highest BCUT2D eigenvalue weighted by molar-refractivity contribution is 5.13. The van der Waals surface area contributed by atoms with Crippen LogP contribution >= 0.6 is 0 Å². The van der Waals surface area contributed by atoms with Crippen molar-refractivity contribution in [1.29, 1.82) is 0 Å². The molecule has 3 aliphatic rings. The summed E-state index contributed by atoms with van der Waals surface area (Å²) in [4.78, 5) is 0. The fourth-order valence-corrected chi connectivity index (χ4v) is 6.18. The topological polar surface area (TPSA) is 40.5 Å². The molecular formula is C21H36O2. The maximum atomic E-state index is 10.6. The van der Waals surface area contributed by atoms with Crippen LogP contribution in [-0.4, -0.2) is 22.4 Å². The van der Waals surface area contributed by atoms with E-state index < -0.39 is 0 Å². The highest BCUT2D eigenvalue weighted by Crippen LogP contribution is 2.64. The van der Waals surface area contributed by atoms with E-state index in [1.807, 2.05) is 6.08 Å². The van der Waals surface area contributed by atoms with Gasteiger partial charge in [0.05, 0.1) is 12.2 Å². The van der Waals surface area contributed by atoms with Crippen molar-refractivity contribution in [3.63, 3.8) is 0 Å². The molecule has 3 saturated carbocycles. The van der Waals surface area contributed by atoms with E-state index >= 15 is 0 Å². The minimum Gasteiger partial charge on any atom is -0.393 e. The van der Waals surface area contributed by atoms with Crippen molar-refractivity contribution in [2.45, 2.75) is 84.3 Å². The normalized spacial score (nSPS) is 43.4. The molecule has 3 aliphatic carbocycles. The molecule has 0 aromatic heterocycles. The molecule has 3 rings (SSSR count). The lowest BCUT2D eigenvalue weighted by molar-refractivity contribution is -0.159. The van der Waals surface area contributed by atoms with Gasteiger partial charge < -0.3 is 10.2 Å². The summed E-state index contributed by atoms with van der Waals surface area (Å²) in [6, 6.07) is 0. The lowest BCUT2D eigenvalue weighted by atomic mass is 9.42. The van der Waals surface area contributed by atoms with Gasteiger partial charge in [-0.25, -0.2) is 0 Å². The van der Waals surface area contributed by atoms with Crippen molar-refractivity contribution >= 4 is 0 Å². The van der Waals surface area contributed by atoms with Crippen LogP contribution in [0.5, 0.6) is 0 Å². The zero-order valence-electron chi connectivity index (χ0n) is 15.2. The van der Waals surface area contributed by atoms with Gasteiger partial charge in [-0.3, -0.25) is 0 Å². The Bertz CT molecular complexity index is 424. The second-order valence-electron chi connectivity index (χ2n) is 9.05. The zero-order valence-corrected chi connectivity index (χ0v) is 15.2. The first-order valence-corrected chi connectivity index (χ1v) is 10.00. The van der Waals surface area contributed by atoms with E-state index in [-0.39, 0.29) is 18.1 Å². The summed E-state index contributed by atoms with van der Waals surface area (Å²) < 4.78 is 0. The highest BCUT2D eigenvalue weighted by Gasteiger charge is 2.58. The van der Waals surface area contributed by atoms with Gasteiger partial charge >= 0.3 is 0 Å². The number of aliphatic hydroxyl groups excluding tert-OH is 2. The fraction of sp³-hybridized carbons (Fsp3) is 0.905. The lowest BCUT2D eigenvalue weighted by Gasteiger charge is -2.63. The molecule has 6 atom stereocenters. The fourth-order valence-electron chi connectivity index (χ4n) is 6.18. The molecule has 3 fully saturated rings. The molecule has 0 saturated heterocycles. The first-order chi connectivity index (χ1) is 11.0. The third-order valence-corrected chi connectivity index (χ3v) is 7.56. The van der Waals surface area contributed by atoms with Gasteiger partial charge in [0.15, 0.2) is 0 Å². The molecule has 132 valence electrons. The van der Waals surface area contributed by atoms with Crippen molar-refractivity contribution in [3.8, 4) is 0 Å². The molecule has 2 N–H and O–H groups in total. The Kier molecular flexibility index (Phi) is 5.23. The van der Waals surface area contributed by atoms with Gasteiger partial charge in [-0.15, -0.1) is 0 Å². The van der Waals surface area contributed by atoms with E-state index in [0.717, 1.165) is 19.3 Å². The maximum Gasteiger partial charge on any atom is 0.0749 e. The molecule has 0 amide bonds. The van der Waals surface area contributed by atoms with Crippen LogP contribution in [-0.2, 0) is 0 Å². The summed E-state index contributed by atoms with van der Waals surface area (Å²) in [6.07, 6.45) is 13.3. The van der Waals surface area contributed by atoms with E-state index in [1.165, 1.54) is 32.1 Å². The number of aliphatic hydroxyl groups is 2. The molecule has 0 aromatic carbocycles. The Labute approximate surface area is 142 Å². The monoisotopic (exact) mass is 320 g/mol. The molecule has 2 heteroatoms. The van der Waals surface area contributed by atoms with E-state index in [9.17, 15) is 10.2 Å². The lowest BCUT2D eigenvalue weighted by Crippen LogP contribution is -2.58. The predicted octanol–water partition coefficient (Wildman–Crippen LogP) is 4.55. The van der Waals surface area contributed by atoms with Crippen LogP contribution in [0.2, 0.25) is 0 Å². The quantitative estimate of drug-likeness (QED) is 0.746. The Morgan fingerprint density at radius 3 is 2.39 bits per heavy atom. The summed E-state index contributed by atoms with van der Waals surface area (Å²) in [5.74, 6) is 2.67. The van der Waals surface area contributed by atoms with Gasteiger partial charge in [-0.05, 0) is 61.2 Å². The van der Waals surface area contributed by atoms with Crippen LogP contribution in [0.3, 0.4) is 0 Å². The van der Waals surface area contributed by atoms with Crippen molar-refractivity contribution in [3.05, 3.63) is 12.2 Å². The SMILES string of the molecule is CC1C[C@]2(C(C)C)CC[C@H](O)[C@@H](C=C[C@@H](O)C3CCCCC3)[C@@H]12. The number of hydrogen-bond acceptors (Lipinski definition) is 2. The largest absolute Gasteiger partial charge is 0.393 e. The van der Waals surface area contributed by atoms with Crippen LogP contribution < -0.4 is 0 Å². The van der Waals surface area contributed by atoms with Crippen LogP contribution in [0.4, 0.5) is 0 Å². The first-order valence-electron chi connectivity index (χ1n) is 10.00. The average molecular weight is 321 g/mol. The summed E-state index contributed by atoms with van der Waals surface area (Å²) in [5.41, 5.74) is 0.434. The Balaban J connectivity index is 1.70. The Morgan fingerprint density at radius 1 is 1.09 bits per heavy atom. The standard InChI is InChI=1S/C21H36O2/c1-14(2)21-12-11-19(23)17(20(21)15(3)13-21)9-10-18(22)16-7-5-4-6-8-16/h9-10,14-20,22-23H,4-8,11-13H2,1-3H3/t15?,17-,18-,19+,20-,21+/m1/s1. The minimum absolute atomic E-state index is 0.218. The Hall–Kier alpha value is -0.340. The first kappa shape index (κ1) is 17.5. The van der Waals surface area contributed by atoms with Gasteiger partial charge in [0.2, 0.25) is 0 Å². The summed E-state index contributed by atoms with van der Waals surface area (Å²) in [5, 5.41) is 21.1. The van der Waals surface area contributed by atoms with E-state index in [2.05, 4.69) is 26.8 Å². The zero-order chi connectivity index (χ0) is 16.6. The van der Waals surface area contributed by atoms with Crippen LogP contribution in [0.25, 0.3) is 0 Å². The molecule has 0 radical (unpaired) electrons. The van der Waals surface area contributed by atoms with Crippen LogP contribution in [0.15, 0.2) is 12.2 Å². The molecule has 0 aromatic rings. The smallest absolute Gasteiger partial charge is 0.0749 e. The molecule has 0 heterocycles. The maximum absolute atomic E-state index is 10.6. The summed E-state index contributed by atoms with van der Waals surface area (Å²) in [7, 11) is 0. The molecule has 2 nitrogen and oxygen atoms in total. The van der Waals surface area contributed by atoms with E-state index in [0.29, 0.717) is 29.1 Å². The minimum atomic E-state index is -0.312. The van der Waals surface area contributed by atoms with Crippen molar-refractivity contribution < 1.29 is 10.2 Å². The third-order valence-electron chi connectivity index (χ3n) is 7.56. The van der Waals surface area contributed by atoms with Crippen LogP contribution in [0.1, 0.15) is 72.1 Å².